The molecule has 4 rings (SSSR count). The zero-order valence-electron chi connectivity index (χ0n) is 14.9. The van der Waals surface area contributed by atoms with E-state index < -0.39 is 0 Å². The summed E-state index contributed by atoms with van der Waals surface area (Å²) in [5.74, 6) is 1.07. The quantitative estimate of drug-likeness (QED) is 0.907. The fourth-order valence-corrected chi connectivity index (χ4v) is 3.92. The summed E-state index contributed by atoms with van der Waals surface area (Å²) in [4.78, 5) is 23.4. The van der Waals surface area contributed by atoms with Crippen LogP contribution >= 0.6 is 0 Å². The molecule has 1 saturated carbocycles. The number of carbonyl (C=O) groups excluding carboxylic acids is 1. The van der Waals surface area contributed by atoms with Gasteiger partial charge in [0.2, 0.25) is 11.7 Å². The van der Waals surface area contributed by atoms with Crippen molar-refractivity contribution in [2.75, 3.05) is 6.54 Å². The smallest absolute Gasteiger partial charge is 0.318 e. The minimum Gasteiger partial charge on any atom is -0.337 e. The number of aromatic nitrogens is 3. The van der Waals surface area contributed by atoms with Crippen LogP contribution in [0.25, 0.3) is 11.4 Å². The summed E-state index contributed by atoms with van der Waals surface area (Å²) < 4.78 is 5.56. The predicted molar refractivity (Wildman–Crippen MR) is 96.2 cm³/mol. The minimum absolute atomic E-state index is 0.00691. The first-order valence-corrected chi connectivity index (χ1v) is 9.62. The molecule has 3 heterocycles. The zero-order valence-corrected chi connectivity index (χ0v) is 14.9. The Morgan fingerprint density at radius 1 is 1.08 bits per heavy atom. The van der Waals surface area contributed by atoms with Gasteiger partial charge in [0.25, 0.3) is 0 Å². The van der Waals surface area contributed by atoms with Crippen LogP contribution in [0.1, 0.15) is 63.3 Å². The Bertz CT molecular complexity index is 727. The molecule has 1 aliphatic carbocycles. The van der Waals surface area contributed by atoms with Crippen molar-refractivity contribution >= 4 is 6.03 Å². The first-order chi connectivity index (χ1) is 12.8. The van der Waals surface area contributed by atoms with Crippen LogP contribution in [0.3, 0.4) is 0 Å². The number of pyridine rings is 1. The highest BCUT2D eigenvalue weighted by Gasteiger charge is 2.32. The van der Waals surface area contributed by atoms with Crippen molar-refractivity contribution in [1.29, 1.82) is 0 Å². The highest BCUT2D eigenvalue weighted by atomic mass is 16.5. The highest BCUT2D eigenvalue weighted by Crippen LogP contribution is 2.31. The number of nitrogens with one attached hydrogen (secondary N) is 1. The molecule has 2 aliphatic rings. The summed E-state index contributed by atoms with van der Waals surface area (Å²) in [6, 6.07) is 3.87. The van der Waals surface area contributed by atoms with Crippen LogP contribution in [0.2, 0.25) is 0 Å². The SMILES string of the molecule is O=C(NC1CCCC1)N1CCCCCC1c1nc(-c2ccncc2)no1. The largest absolute Gasteiger partial charge is 0.337 e. The molecule has 1 N–H and O–H groups in total. The predicted octanol–water partition coefficient (Wildman–Crippen LogP) is 3.70. The Balaban J connectivity index is 1.53. The normalized spacial score (nSPS) is 21.5. The van der Waals surface area contributed by atoms with Crippen molar-refractivity contribution < 1.29 is 9.32 Å². The second-order valence-corrected chi connectivity index (χ2v) is 7.18. The second-order valence-electron chi connectivity index (χ2n) is 7.18. The van der Waals surface area contributed by atoms with Crippen LogP contribution in [0.4, 0.5) is 4.79 Å². The molecule has 0 bridgehead atoms. The van der Waals surface area contributed by atoms with Gasteiger partial charge in [-0.2, -0.15) is 4.98 Å². The Hall–Kier alpha value is -2.44. The Morgan fingerprint density at radius 3 is 2.65 bits per heavy atom. The third kappa shape index (κ3) is 3.71. The molecule has 2 aromatic heterocycles. The van der Waals surface area contributed by atoms with Crippen LogP contribution in [-0.4, -0.2) is 38.6 Å². The Kier molecular flexibility index (Phi) is 5.13. The molecule has 0 radical (unpaired) electrons. The van der Waals surface area contributed by atoms with Gasteiger partial charge in [0, 0.05) is 30.5 Å². The van der Waals surface area contributed by atoms with Gasteiger partial charge < -0.3 is 14.7 Å². The standard InChI is InChI=1S/C19H25N5O2/c25-19(21-15-6-3-4-7-15)24-13-5-1-2-8-16(24)18-22-17(23-26-18)14-9-11-20-12-10-14/h9-12,15-16H,1-8,13H2,(H,21,25). The monoisotopic (exact) mass is 355 g/mol. The maximum atomic E-state index is 12.9. The molecule has 2 amide bonds. The van der Waals surface area contributed by atoms with Gasteiger partial charge in [-0.3, -0.25) is 4.98 Å². The van der Waals surface area contributed by atoms with Crippen molar-refractivity contribution in [2.24, 2.45) is 0 Å². The Labute approximate surface area is 153 Å². The van der Waals surface area contributed by atoms with E-state index in [4.69, 9.17) is 4.52 Å². The lowest BCUT2D eigenvalue weighted by molar-refractivity contribution is 0.156. The molecule has 1 aliphatic heterocycles. The maximum Gasteiger partial charge on any atom is 0.318 e. The first kappa shape index (κ1) is 17.0. The molecule has 1 atom stereocenters. The molecule has 0 spiro atoms. The number of likely N-dealkylation sites (tertiary alicyclic amines) is 1. The summed E-state index contributed by atoms with van der Waals surface area (Å²) >= 11 is 0. The number of nitrogens with zero attached hydrogens (tertiary/aromatic N) is 4. The van der Waals surface area contributed by atoms with Crippen LogP contribution in [-0.2, 0) is 0 Å². The molecule has 138 valence electrons. The second kappa shape index (κ2) is 7.85. The van der Waals surface area contributed by atoms with E-state index in [1.165, 1.54) is 12.8 Å². The van der Waals surface area contributed by atoms with Gasteiger partial charge in [-0.15, -0.1) is 0 Å². The number of hydrogen-bond acceptors (Lipinski definition) is 5. The summed E-state index contributed by atoms with van der Waals surface area (Å²) in [6.07, 6.45) is 12.0. The average molecular weight is 355 g/mol. The van der Waals surface area contributed by atoms with Crippen LogP contribution in [0.5, 0.6) is 0 Å². The van der Waals surface area contributed by atoms with Crippen molar-refractivity contribution in [3.05, 3.63) is 30.4 Å². The molecule has 1 unspecified atom stereocenters. The fraction of sp³-hybridized carbons (Fsp3) is 0.579. The maximum absolute atomic E-state index is 12.9. The van der Waals surface area contributed by atoms with E-state index in [9.17, 15) is 4.79 Å². The molecule has 2 aromatic rings. The van der Waals surface area contributed by atoms with Gasteiger partial charge in [-0.05, 0) is 37.8 Å². The third-order valence-corrected chi connectivity index (χ3v) is 5.36. The van der Waals surface area contributed by atoms with E-state index in [2.05, 4.69) is 20.4 Å². The van der Waals surface area contributed by atoms with Crippen LogP contribution in [0.15, 0.2) is 29.0 Å². The number of carbonyl (C=O) groups is 1. The molecule has 1 saturated heterocycles. The molecular weight excluding hydrogens is 330 g/mol. The van der Waals surface area contributed by atoms with Crippen LogP contribution < -0.4 is 5.32 Å². The zero-order chi connectivity index (χ0) is 17.8. The van der Waals surface area contributed by atoms with E-state index in [-0.39, 0.29) is 12.1 Å². The average Bonchev–Trinajstić information content (AvgIpc) is 3.30. The van der Waals surface area contributed by atoms with Crippen molar-refractivity contribution in [3.8, 4) is 11.4 Å². The van der Waals surface area contributed by atoms with Gasteiger partial charge in [0.15, 0.2) is 0 Å². The number of amides is 2. The number of rotatable bonds is 3. The molecule has 0 aromatic carbocycles. The molecule has 7 heteroatoms. The summed E-state index contributed by atoms with van der Waals surface area (Å²) in [5, 5.41) is 7.32. The topological polar surface area (TPSA) is 84.2 Å². The molecule has 2 fully saturated rings. The van der Waals surface area contributed by atoms with E-state index in [1.54, 1.807) is 12.4 Å². The summed E-state index contributed by atoms with van der Waals surface area (Å²) in [5.41, 5.74) is 0.866. The number of urea groups is 1. The van der Waals surface area contributed by atoms with E-state index in [1.807, 2.05) is 17.0 Å². The molecular formula is C19H25N5O2. The molecule has 26 heavy (non-hydrogen) atoms. The summed E-state index contributed by atoms with van der Waals surface area (Å²) in [6.45, 7) is 0.732. The lowest BCUT2D eigenvalue weighted by Gasteiger charge is -2.29. The third-order valence-electron chi connectivity index (χ3n) is 5.36. The minimum atomic E-state index is -0.151. The summed E-state index contributed by atoms with van der Waals surface area (Å²) in [7, 11) is 0. The van der Waals surface area contributed by atoms with Crippen molar-refractivity contribution in [3.63, 3.8) is 0 Å². The van der Waals surface area contributed by atoms with E-state index in [0.717, 1.165) is 50.6 Å². The lowest BCUT2D eigenvalue weighted by atomic mass is 10.1. The van der Waals surface area contributed by atoms with Gasteiger partial charge in [-0.1, -0.05) is 30.8 Å². The first-order valence-electron chi connectivity index (χ1n) is 9.62. The van der Waals surface area contributed by atoms with Crippen molar-refractivity contribution in [1.82, 2.24) is 25.3 Å². The van der Waals surface area contributed by atoms with E-state index >= 15 is 0 Å². The Morgan fingerprint density at radius 2 is 1.85 bits per heavy atom. The van der Waals surface area contributed by atoms with Gasteiger partial charge in [0.05, 0.1) is 0 Å². The van der Waals surface area contributed by atoms with Crippen LogP contribution in [0, 0.1) is 0 Å². The number of hydrogen-bond donors (Lipinski definition) is 1. The van der Waals surface area contributed by atoms with E-state index in [0.29, 0.717) is 17.8 Å². The lowest BCUT2D eigenvalue weighted by Crippen LogP contribution is -2.45. The van der Waals surface area contributed by atoms with Gasteiger partial charge in [0.1, 0.15) is 6.04 Å². The fourth-order valence-electron chi connectivity index (χ4n) is 3.92. The van der Waals surface area contributed by atoms with Crippen molar-refractivity contribution in [2.45, 2.75) is 63.5 Å². The van der Waals surface area contributed by atoms with Gasteiger partial charge in [-0.25, -0.2) is 4.79 Å². The molecule has 7 nitrogen and oxygen atoms in total. The highest BCUT2D eigenvalue weighted by molar-refractivity contribution is 5.75. The van der Waals surface area contributed by atoms with Gasteiger partial charge >= 0.3 is 6.03 Å².